The number of rotatable bonds is 6. The smallest absolute Gasteiger partial charge is 0.0637 e. The summed E-state index contributed by atoms with van der Waals surface area (Å²) in [6.07, 6.45) is 1.90. The van der Waals surface area contributed by atoms with Crippen molar-refractivity contribution in [2.45, 2.75) is 13.0 Å². The number of nitrogens with zero attached hydrogens (tertiary/aromatic N) is 2. The second-order valence-corrected chi connectivity index (χ2v) is 3.87. The molecule has 4 heteroatoms. The van der Waals surface area contributed by atoms with Gasteiger partial charge in [-0.2, -0.15) is 0 Å². The molecule has 1 aromatic heterocycles. The summed E-state index contributed by atoms with van der Waals surface area (Å²) < 4.78 is 5.04. The van der Waals surface area contributed by atoms with Crippen LogP contribution in [-0.4, -0.2) is 39.3 Å². The van der Waals surface area contributed by atoms with Crippen LogP contribution in [-0.2, 0) is 4.74 Å². The zero-order chi connectivity index (χ0) is 12.0. The molecule has 1 unspecified atom stereocenters. The number of methoxy groups -OCH3 is 1. The molecule has 0 saturated heterocycles. The van der Waals surface area contributed by atoms with Crippen molar-refractivity contribution in [2.24, 2.45) is 0 Å². The third-order valence-corrected chi connectivity index (χ3v) is 2.72. The number of hydrogen-bond acceptors (Lipinski definition) is 4. The zero-order valence-corrected chi connectivity index (χ0v) is 10.5. The lowest BCUT2D eigenvalue weighted by atomic mass is 10.2. The van der Waals surface area contributed by atoms with Crippen LogP contribution in [0.3, 0.4) is 0 Å². The number of anilines is 1. The molecule has 0 aliphatic rings. The van der Waals surface area contributed by atoms with E-state index in [1.165, 1.54) is 0 Å². The van der Waals surface area contributed by atoms with E-state index in [9.17, 15) is 0 Å². The van der Waals surface area contributed by atoms with Crippen molar-refractivity contribution in [3.63, 3.8) is 0 Å². The predicted molar refractivity (Wildman–Crippen MR) is 66.9 cm³/mol. The Labute approximate surface area is 97.6 Å². The van der Waals surface area contributed by atoms with Gasteiger partial charge in [0.1, 0.15) is 0 Å². The van der Waals surface area contributed by atoms with E-state index in [1.54, 1.807) is 7.11 Å². The first-order valence-electron chi connectivity index (χ1n) is 5.52. The van der Waals surface area contributed by atoms with Crippen molar-refractivity contribution >= 4 is 5.69 Å². The highest BCUT2D eigenvalue weighted by Gasteiger charge is 2.05. The van der Waals surface area contributed by atoms with Gasteiger partial charge in [0.05, 0.1) is 24.2 Å². The summed E-state index contributed by atoms with van der Waals surface area (Å²) in [6.45, 7) is 3.70. The first kappa shape index (κ1) is 12.9. The SMILES string of the molecule is CNC(C)c1ccc(N(C)CCOC)cn1. The Balaban J connectivity index is 2.63. The molecule has 4 nitrogen and oxygen atoms in total. The Morgan fingerprint density at radius 2 is 2.25 bits per heavy atom. The maximum Gasteiger partial charge on any atom is 0.0637 e. The Hall–Kier alpha value is -1.13. The topological polar surface area (TPSA) is 37.4 Å². The fourth-order valence-corrected chi connectivity index (χ4v) is 1.38. The van der Waals surface area contributed by atoms with Gasteiger partial charge in [-0.1, -0.05) is 0 Å². The number of hydrogen-bond donors (Lipinski definition) is 1. The molecule has 90 valence electrons. The molecule has 1 N–H and O–H groups in total. The van der Waals surface area contributed by atoms with Crippen LogP contribution in [0.15, 0.2) is 18.3 Å². The second kappa shape index (κ2) is 6.45. The highest BCUT2D eigenvalue weighted by Crippen LogP contribution is 2.14. The normalized spacial score (nSPS) is 12.5. The van der Waals surface area contributed by atoms with E-state index >= 15 is 0 Å². The van der Waals surface area contributed by atoms with E-state index in [1.807, 2.05) is 20.3 Å². The molecule has 16 heavy (non-hydrogen) atoms. The van der Waals surface area contributed by atoms with Crippen LogP contribution in [0.1, 0.15) is 18.7 Å². The Bertz CT molecular complexity index is 300. The predicted octanol–water partition coefficient (Wildman–Crippen LogP) is 1.44. The van der Waals surface area contributed by atoms with Crippen LogP contribution in [0.2, 0.25) is 0 Å². The zero-order valence-electron chi connectivity index (χ0n) is 10.5. The van der Waals surface area contributed by atoms with Crippen molar-refractivity contribution in [1.29, 1.82) is 0 Å². The van der Waals surface area contributed by atoms with Crippen LogP contribution in [0.25, 0.3) is 0 Å². The van der Waals surface area contributed by atoms with E-state index in [2.05, 4.69) is 34.3 Å². The monoisotopic (exact) mass is 223 g/mol. The van der Waals surface area contributed by atoms with Crippen LogP contribution in [0.5, 0.6) is 0 Å². The molecule has 1 aromatic rings. The van der Waals surface area contributed by atoms with Crippen molar-refractivity contribution in [1.82, 2.24) is 10.3 Å². The number of aromatic nitrogens is 1. The molecule has 0 radical (unpaired) electrons. The van der Waals surface area contributed by atoms with Gasteiger partial charge in [-0.3, -0.25) is 4.98 Å². The molecule has 1 rings (SSSR count). The first-order valence-corrected chi connectivity index (χ1v) is 5.52. The minimum absolute atomic E-state index is 0.290. The summed E-state index contributed by atoms with van der Waals surface area (Å²) in [6, 6.07) is 4.43. The van der Waals surface area contributed by atoms with E-state index in [0.717, 1.165) is 24.5 Å². The van der Waals surface area contributed by atoms with E-state index in [-0.39, 0.29) is 0 Å². The summed E-state index contributed by atoms with van der Waals surface area (Å²) in [5, 5.41) is 3.17. The lowest BCUT2D eigenvalue weighted by molar-refractivity contribution is 0.206. The van der Waals surface area contributed by atoms with Gasteiger partial charge < -0.3 is 15.0 Å². The average Bonchev–Trinajstić information content (AvgIpc) is 2.35. The molecular formula is C12H21N3O. The summed E-state index contributed by atoms with van der Waals surface area (Å²) in [7, 11) is 5.69. The number of pyridine rings is 1. The van der Waals surface area contributed by atoms with E-state index < -0.39 is 0 Å². The van der Waals surface area contributed by atoms with Crippen molar-refractivity contribution < 1.29 is 4.74 Å². The van der Waals surface area contributed by atoms with Gasteiger partial charge >= 0.3 is 0 Å². The number of likely N-dealkylation sites (N-methyl/N-ethyl adjacent to an activating group) is 1. The van der Waals surface area contributed by atoms with Gasteiger partial charge in [-0.05, 0) is 26.1 Å². The summed E-state index contributed by atoms with van der Waals surface area (Å²) >= 11 is 0. The van der Waals surface area contributed by atoms with Gasteiger partial charge in [0.15, 0.2) is 0 Å². The molecule has 1 atom stereocenters. The third-order valence-electron chi connectivity index (χ3n) is 2.72. The number of ether oxygens (including phenoxy) is 1. The lowest BCUT2D eigenvalue weighted by Gasteiger charge is -2.19. The largest absolute Gasteiger partial charge is 0.383 e. The number of nitrogens with one attached hydrogen (secondary N) is 1. The molecule has 0 amide bonds. The van der Waals surface area contributed by atoms with Gasteiger partial charge in [-0.25, -0.2) is 0 Å². The Morgan fingerprint density at radius 1 is 1.50 bits per heavy atom. The molecule has 1 heterocycles. The molecule has 0 bridgehead atoms. The molecule has 0 saturated carbocycles. The van der Waals surface area contributed by atoms with Gasteiger partial charge in [0.2, 0.25) is 0 Å². The molecule has 0 aliphatic heterocycles. The molecule has 0 spiro atoms. The van der Waals surface area contributed by atoms with E-state index in [4.69, 9.17) is 4.74 Å². The second-order valence-electron chi connectivity index (χ2n) is 3.87. The van der Waals surface area contributed by atoms with Crippen LogP contribution in [0.4, 0.5) is 5.69 Å². The Kier molecular flexibility index (Phi) is 5.22. The van der Waals surface area contributed by atoms with Gasteiger partial charge in [0.25, 0.3) is 0 Å². The van der Waals surface area contributed by atoms with Crippen LogP contribution in [0, 0.1) is 0 Å². The van der Waals surface area contributed by atoms with E-state index in [0.29, 0.717) is 6.04 Å². The fraction of sp³-hybridized carbons (Fsp3) is 0.583. The highest BCUT2D eigenvalue weighted by atomic mass is 16.5. The van der Waals surface area contributed by atoms with Crippen molar-refractivity contribution in [2.75, 3.05) is 39.3 Å². The minimum Gasteiger partial charge on any atom is -0.383 e. The third kappa shape index (κ3) is 3.47. The maximum atomic E-state index is 5.04. The standard InChI is InChI=1S/C12H21N3O/c1-10(13-2)12-6-5-11(9-14-12)15(3)7-8-16-4/h5-6,9-10,13H,7-8H2,1-4H3. The molecule has 0 aromatic carbocycles. The molecule has 0 fully saturated rings. The summed E-state index contributed by atoms with van der Waals surface area (Å²) in [5.41, 5.74) is 2.18. The highest BCUT2D eigenvalue weighted by molar-refractivity contribution is 5.43. The summed E-state index contributed by atoms with van der Waals surface area (Å²) in [4.78, 5) is 6.56. The molecular weight excluding hydrogens is 202 g/mol. The quantitative estimate of drug-likeness (QED) is 0.792. The maximum absolute atomic E-state index is 5.04. The minimum atomic E-state index is 0.290. The Morgan fingerprint density at radius 3 is 2.75 bits per heavy atom. The lowest BCUT2D eigenvalue weighted by Crippen LogP contribution is -2.22. The van der Waals surface area contributed by atoms with Gasteiger partial charge in [-0.15, -0.1) is 0 Å². The summed E-state index contributed by atoms with van der Waals surface area (Å²) in [5.74, 6) is 0. The van der Waals surface area contributed by atoms with Gasteiger partial charge in [0, 0.05) is 26.7 Å². The molecule has 0 aliphatic carbocycles. The van der Waals surface area contributed by atoms with Crippen LogP contribution < -0.4 is 10.2 Å². The van der Waals surface area contributed by atoms with Crippen molar-refractivity contribution in [3.05, 3.63) is 24.0 Å². The van der Waals surface area contributed by atoms with Crippen LogP contribution >= 0.6 is 0 Å². The fourth-order valence-electron chi connectivity index (χ4n) is 1.38. The average molecular weight is 223 g/mol. The van der Waals surface area contributed by atoms with Crippen molar-refractivity contribution in [3.8, 4) is 0 Å². The first-order chi connectivity index (χ1) is 7.69.